The molecule has 0 N–H and O–H groups in total. The maximum absolute atomic E-state index is 13.7. The van der Waals surface area contributed by atoms with E-state index in [-0.39, 0.29) is 29.1 Å². The molecule has 0 radical (unpaired) electrons. The molecule has 3 aromatic carbocycles. The minimum atomic E-state index is -4.96. The van der Waals surface area contributed by atoms with E-state index in [9.17, 15) is 18.0 Å². The Morgan fingerprint density at radius 3 is 2.50 bits per heavy atom. The van der Waals surface area contributed by atoms with E-state index in [1.54, 1.807) is 42.5 Å². The van der Waals surface area contributed by atoms with Crippen molar-refractivity contribution in [2.45, 2.75) is 12.8 Å². The quantitative estimate of drug-likeness (QED) is 0.269. The summed E-state index contributed by atoms with van der Waals surface area (Å²) < 4.78 is 57.5. The maximum Gasteiger partial charge on any atom is 0.453 e. The Hall–Kier alpha value is -2.97. The second-order valence-corrected chi connectivity index (χ2v) is 7.99. The Balaban J connectivity index is 1.74. The van der Waals surface area contributed by atoms with Gasteiger partial charge in [-0.05, 0) is 57.9 Å². The number of hydrogen-bond donors (Lipinski definition) is 0. The number of hydrogen-bond acceptors (Lipinski definition) is 4. The van der Waals surface area contributed by atoms with E-state index in [1.165, 1.54) is 24.3 Å². The summed E-state index contributed by atoms with van der Waals surface area (Å²) in [4.78, 5) is 12.9. The van der Waals surface area contributed by atoms with Crippen molar-refractivity contribution < 1.29 is 27.1 Å². The van der Waals surface area contributed by atoms with Gasteiger partial charge in [-0.15, -0.1) is 0 Å². The number of halogens is 5. The molecule has 0 saturated heterocycles. The summed E-state index contributed by atoms with van der Waals surface area (Å²) in [6.07, 6.45) is -4.96. The first-order chi connectivity index (χ1) is 15.2. The van der Waals surface area contributed by atoms with Gasteiger partial charge in [0.15, 0.2) is 0 Å². The van der Waals surface area contributed by atoms with E-state index < -0.39 is 23.1 Å². The van der Waals surface area contributed by atoms with Gasteiger partial charge in [0.25, 0.3) is 5.76 Å². The van der Waals surface area contributed by atoms with Crippen molar-refractivity contribution in [2.24, 2.45) is 0 Å². The minimum absolute atomic E-state index is 0.0473. The molecule has 0 spiro atoms. The topological polar surface area (TPSA) is 48.7 Å². The van der Waals surface area contributed by atoms with Gasteiger partial charge in [0.2, 0.25) is 11.2 Å². The lowest BCUT2D eigenvalue weighted by molar-refractivity contribution is -0.154. The summed E-state index contributed by atoms with van der Waals surface area (Å²) in [5, 5.41) is 0.457. The molecule has 164 valence electrons. The van der Waals surface area contributed by atoms with E-state index in [1.807, 2.05) is 0 Å². The molecular weight excluding hydrogens is 513 g/mol. The van der Waals surface area contributed by atoms with Crippen LogP contribution < -0.4 is 14.9 Å². The Morgan fingerprint density at radius 1 is 1.00 bits per heavy atom. The van der Waals surface area contributed by atoms with Crippen LogP contribution >= 0.6 is 27.5 Å². The molecule has 1 aromatic heterocycles. The summed E-state index contributed by atoms with van der Waals surface area (Å²) in [5.74, 6) is -2.19. The minimum Gasteiger partial charge on any atom is -0.489 e. The van der Waals surface area contributed by atoms with Gasteiger partial charge in [-0.3, -0.25) is 4.79 Å². The van der Waals surface area contributed by atoms with Gasteiger partial charge in [-0.1, -0.05) is 35.9 Å². The molecule has 0 fully saturated rings. The van der Waals surface area contributed by atoms with Crippen LogP contribution in [0.5, 0.6) is 17.2 Å². The van der Waals surface area contributed by atoms with Crippen molar-refractivity contribution in [3.8, 4) is 17.2 Å². The van der Waals surface area contributed by atoms with Crippen LogP contribution in [-0.4, -0.2) is 0 Å². The van der Waals surface area contributed by atoms with Gasteiger partial charge in [0.1, 0.15) is 23.7 Å². The molecule has 1 heterocycles. The van der Waals surface area contributed by atoms with E-state index >= 15 is 0 Å². The summed E-state index contributed by atoms with van der Waals surface area (Å²) in [6, 6.07) is 17.2. The van der Waals surface area contributed by atoms with Crippen LogP contribution in [0, 0.1) is 0 Å². The predicted molar refractivity (Wildman–Crippen MR) is 117 cm³/mol. The Morgan fingerprint density at radius 2 is 1.78 bits per heavy atom. The molecule has 4 aromatic rings. The second kappa shape index (κ2) is 8.88. The number of para-hydroxylation sites is 1. The van der Waals surface area contributed by atoms with E-state index in [4.69, 9.17) is 25.5 Å². The first-order valence-corrected chi connectivity index (χ1v) is 10.4. The van der Waals surface area contributed by atoms with Crippen LogP contribution in [0.3, 0.4) is 0 Å². The zero-order valence-electron chi connectivity index (χ0n) is 16.1. The van der Waals surface area contributed by atoms with Gasteiger partial charge in [0.05, 0.1) is 9.86 Å². The fraction of sp³-hybridized carbons (Fsp3) is 0.0870. The average Bonchev–Trinajstić information content (AvgIpc) is 2.74. The van der Waals surface area contributed by atoms with Gasteiger partial charge in [-0.2, -0.15) is 13.2 Å². The van der Waals surface area contributed by atoms with Crippen LogP contribution in [-0.2, 0) is 12.8 Å². The molecule has 0 bridgehead atoms. The summed E-state index contributed by atoms with van der Waals surface area (Å²) in [6.45, 7) is 0.131. The molecule has 0 saturated carbocycles. The maximum atomic E-state index is 13.7. The second-order valence-electron chi connectivity index (χ2n) is 6.70. The Labute approximate surface area is 193 Å². The fourth-order valence-electron chi connectivity index (χ4n) is 2.96. The predicted octanol–water partition coefficient (Wildman–Crippen LogP) is 7.60. The van der Waals surface area contributed by atoms with Gasteiger partial charge < -0.3 is 13.9 Å². The molecule has 0 amide bonds. The molecule has 32 heavy (non-hydrogen) atoms. The molecule has 4 nitrogen and oxygen atoms in total. The molecule has 0 atom stereocenters. The SMILES string of the molecule is O=c1c(Oc2ccccc2Br)c(C(F)(F)F)oc2cc(OCc3cccc(Cl)c3)ccc12. The first-order valence-electron chi connectivity index (χ1n) is 9.20. The molecule has 0 aliphatic carbocycles. The third-order valence-electron chi connectivity index (χ3n) is 4.42. The van der Waals surface area contributed by atoms with Crippen molar-refractivity contribution in [3.63, 3.8) is 0 Å². The highest BCUT2D eigenvalue weighted by molar-refractivity contribution is 9.10. The van der Waals surface area contributed by atoms with Gasteiger partial charge in [-0.25, -0.2) is 0 Å². The van der Waals surface area contributed by atoms with E-state index in [2.05, 4.69) is 15.9 Å². The number of ether oxygens (including phenoxy) is 2. The van der Waals surface area contributed by atoms with E-state index in [0.717, 1.165) is 5.56 Å². The van der Waals surface area contributed by atoms with Crippen LogP contribution in [0.4, 0.5) is 13.2 Å². The lowest BCUT2D eigenvalue weighted by Gasteiger charge is -2.14. The zero-order chi connectivity index (χ0) is 22.9. The Kier molecular flexibility index (Phi) is 6.17. The van der Waals surface area contributed by atoms with Crippen LogP contribution in [0.2, 0.25) is 5.02 Å². The highest BCUT2D eigenvalue weighted by Gasteiger charge is 2.40. The van der Waals surface area contributed by atoms with Crippen LogP contribution in [0.1, 0.15) is 11.3 Å². The van der Waals surface area contributed by atoms with Gasteiger partial charge >= 0.3 is 6.18 Å². The monoisotopic (exact) mass is 524 g/mol. The highest BCUT2D eigenvalue weighted by Crippen LogP contribution is 2.39. The average molecular weight is 526 g/mol. The van der Waals surface area contributed by atoms with Crippen LogP contribution in [0.15, 0.2) is 80.4 Å². The Bertz CT molecular complexity index is 1350. The summed E-state index contributed by atoms with van der Waals surface area (Å²) >= 11 is 9.13. The van der Waals surface area contributed by atoms with E-state index in [0.29, 0.717) is 9.50 Å². The molecule has 0 unspecified atom stereocenters. The lowest BCUT2D eigenvalue weighted by atomic mass is 10.2. The summed E-state index contributed by atoms with van der Waals surface area (Å²) in [7, 11) is 0. The molecule has 9 heteroatoms. The third-order valence-corrected chi connectivity index (χ3v) is 5.31. The summed E-state index contributed by atoms with van der Waals surface area (Å²) in [5.41, 5.74) is -0.451. The van der Waals surface area contributed by atoms with Crippen molar-refractivity contribution in [1.29, 1.82) is 0 Å². The van der Waals surface area contributed by atoms with Crippen molar-refractivity contribution in [3.05, 3.63) is 97.8 Å². The zero-order valence-corrected chi connectivity index (χ0v) is 18.4. The third kappa shape index (κ3) is 4.76. The van der Waals surface area contributed by atoms with Gasteiger partial charge in [0, 0.05) is 11.1 Å². The van der Waals surface area contributed by atoms with Crippen molar-refractivity contribution in [2.75, 3.05) is 0 Å². The molecule has 0 aliphatic rings. The number of alkyl halides is 3. The van der Waals surface area contributed by atoms with Crippen molar-refractivity contribution >= 4 is 38.5 Å². The standard InChI is InChI=1S/C23H13BrClF3O4/c24-17-6-1-2-7-18(17)31-21-20(29)16-9-8-15(11-19(16)32-22(21)23(26,27)28)30-12-13-4-3-5-14(25)10-13/h1-11H,12H2. The van der Waals surface area contributed by atoms with Crippen molar-refractivity contribution in [1.82, 2.24) is 0 Å². The highest BCUT2D eigenvalue weighted by atomic mass is 79.9. The number of rotatable bonds is 5. The molecule has 0 aliphatic heterocycles. The lowest BCUT2D eigenvalue weighted by Crippen LogP contribution is -2.15. The normalized spacial score (nSPS) is 11.5. The largest absolute Gasteiger partial charge is 0.489 e. The number of benzene rings is 3. The molecular formula is C23H13BrClF3O4. The smallest absolute Gasteiger partial charge is 0.453 e. The first kappa shape index (κ1) is 22.2. The molecule has 4 rings (SSSR count). The fourth-order valence-corrected chi connectivity index (χ4v) is 3.53. The van der Waals surface area contributed by atoms with Crippen LogP contribution in [0.25, 0.3) is 11.0 Å². The number of fused-ring (bicyclic) bond motifs is 1.